The molecule has 3 nitrogen and oxygen atoms in total. The SMILES string of the molecule is C/C=C(\C=C\c1ccccc1)[C@H]1[C@H](C(C)C)N1S(=O)(=O)c1c(C)cc(C)cc1C. The topological polar surface area (TPSA) is 37.1 Å². The zero-order chi connectivity index (χ0) is 21.3. The molecule has 0 N–H and O–H groups in total. The number of aryl methyl sites for hydroxylation is 3. The van der Waals surface area contributed by atoms with Gasteiger partial charge in [-0.05, 0) is 55.9 Å². The third-order valence-corrected chi connectivity index (χ3v) is 7.75. The van der Waals surface area contributed by atoms with E-state index in [0.717, 1.165) is 27.8 Å². The maximum Gasteiger partial charge on any atom is 0.244 e. The lowest BCUT2D eigenvalue weighted by Gasteiger charge is -2.14. The Morgan fingerprint density at radius 3 is 2.14 bits per heavy atom. The number of rotatable bonds is 6. The van der Waals surface area contributed by atoms with Gasteiger partial charge in [-0.25, -0.2) is 8.42 Å². The fourth-order valence-corrected chi connectivity index (χ4v) is 6.65. The fourth-order valence-electron chi connectivity index (χ4n) is 4.34. The molecule has 0 spiro atoms. The third-order valence-electron chi connectivity index (χ3n) is 5.57. The van der Waals surface area contributed by atoms with Gasteiger partial charge >= 0.3 is 0 Å². The molecule has 1 heterocycles. The zero-order valence-corrected chi connectivity index (χ0v) is 19.0. The van der Waals surface area contributed by atoms with Crippen molar-refractivity contribution in [2.75, 3.05) is 0 Å². The van der Waals surface area contributed by atoms with Crippen LogP contribution in [0.1, 0.15) is 43.0 Å². The van der Waals surface area contributed by atoms with Crippen LogP contribution in [0.25, 0.3) is 6.08 Å². The minimum atomic E-state index is -3.57. The second-order valence-electron chi connectivity index (χ2n) is 8.27. The molecule has 1 fully saturated rings. The van der Waals surface area contributed by atoms with E-state index >= 15 is 0 Å². The number of hydrogen-bond donors (Lipinski definition) is 0. The molecule has 154 valence electrons. The molecule has 1 unspecified atom stereocenters. The summed E-state index contributed by atoms with van der Waals surface area (Å²) in [5, 5.41) is 0. The molecule has 3 atom stereocenters. The first kappa shape index (κ1) is 21.5. The van der Waals surface area contributed by atoms with E-state index in [-0.39, 0.29) is 18.0 Å². The van der Waals surface area contributed by atoms with Crippen molar-refractivity contribution in [1.29, 1.82) is 0 Å². The largest absolute Gasteiger partial charge is 0.244 e. The lowest BCUT2D eigenvalue weighted by Crippen LogP contribution is -2.20. The summed E-state index contributed by atoms with van der Waals surface area (Å²) < 4.78 is 29.0. The molecule has 1 saturated heterocycles. The number of sulfonamides is 1. The Hall–Kier alpha value is -2.17. The second kappa shape index (κ2) is 8.29. The molecule has 1 aliphatic heterocycles. The van der Waals surface area contributed by atoms with Crippen LogP contribution in [0.15, 0.2) is 65.1 Å². The van der Waals surface area contributed by atoms with Crippen LogP contribution < -0.4 is 0 Å². The quantitative estimate of drug-likeness (QED) is 0.455. The zero-order valence-electron chi connectivity index (χ0n) is 18.2. The summed E-state index contributed by atoms with van der Waals surface area (Å²) in [5.74, 6) is 0.237. The molecule has 2 aromatic rings. The predicted octanol–water partition coefficient (Wildman–Crippen LogP) is 5.67. The Bertz CT molecular complexity index is 1030. The maximum atomic E-state index is 13.6. The van der Waals surface area contributed by atoms with Crippen LogP contribution in [0.2, 0.25) is 0 Å². The van der Waals surface area contributed by atoms with Crippen molar-refractivity contribution in [3.8, 4) is 0 Å². The van der Waals surface area contributed by atoms with E-state index in [1.807, 2.05) is 76.2 Å². The van der Waals surface area contributed by atoms with Gasteiger partial charge in [-0.1, -0.05) is 80.1 Å². The normalized spacial score (nSPS) is 22.4. The molecule has 3 rings (SSSR count). The van der Waals surface area contributed by atoms with Gasteiger partial charge in [0.05, 0.1) is 10.9 Å². The van der Waals surface area contributed by atoms with Gasteiger partial charge in [0.15, 0.2) is 0 Å². The van der Waals surface area contributed by atoms with Crippen LogP contribution in [0.4, 0.5) is 0 Å². The van der Waals surface area contributed by atoms with E-state index in [1.54, 1.807) is 4.31 Å². The van der Waals surface area contributed by atoms with E-state index in [4.69, 9.17) is 0 Å². The average molecular weight is 410 g/mol. The predicted molar refractivity (Wildman–Crippen MR) is 121 cm³/mol. The summed E-state index contributed by atoms with van der Waals surface area (Å²) in [6.07, 6.45) is 6.14. The molecular formula is C25H31NO2S. The van der Waals surface area contributed by atoms with Gasteiger partial charge in [0.1, 0.15) is 0 Å². The number of hydrogen-bond acceptors (Lipinski definition) is 2. The van der Waals surface area contributed by atoms with E-state index in [0.29, 0.717) is 4.90 Å². The molecule has 0 aliphatic carbocycles. The lowest BCUT2D eigenvalue weighted by molar-refractivity contribution is 0.516. The van der Waals surface area contributed by atoms with Crippen molar-refractivity contribution in [3.05, 3.63) is 82.4 Å². The van der Waals surface area contributed by atoms with Crippen LogP contribution in [-0.4, -0.2) is 24.8 Å². The number of nitrogens with zero attached hydrogens (tertiary/aromatic N) is 1. The average Bonchev–Trinajstić information content (AvgIpc) is 3.39. The highest BCUT2D eigenvalue weighted by molar-refractivity contribution is 7.89. The van der Waals surface area contributed by atoms with Crippen LogP contribution in [-0.2, 0) is 10.0 Å². The van der Waals surface area contributed by atoms with Gasteiger partial charge in [-0.2, -0.15) is 4.31 Å². The van der Waals surface area contributed by atoms with Crippen molar-refractivity contribution in [3.63, 3.8) is 0 Å². The van der Waals surface area contributed by atoms with E-state index in [1.165, 1.54) is 0 Å². The van der Waals surface area contributed by atoms with Crippen molar-refractivity contribution in [2.24, 2.45) is 5.92 Å². The Labute approximate surface area is 175 Å². The monoisotopic (exact) mass is 409 g/mol. The summed E-state index contributed by atoms with van der Waals surface area (Å²) in [5.41, 5.74) is 4.86. The Morgan fingerprint density at radius 1 is 1.03 bits per heavy atom. The molecule has 2 aromatic carbocycles. The highest BCUT2D eigenvalue weighted by Crippen LogP contribution is 2.45. The lowest BCUT2D eigenvalue weighted by atomic mass is 10.0. The van der Waals surface area contributed by atoms with Gasteiger partial charge in [-0.3, -0.25) is 0 Å². The van der Waals surface area contributed by atoms with Gasteiger partial charge in [0.25, 0.3) is 0 Å². The highest BCUT2D eigenvalue weighted by Gasteiger charge is 2.58. The van der Waals surface area contributed by atoms with Gasteiger partial charge in [-0.15, -0.1) is 0 Å². The standard InChI is InChI=1S/C25H31NO2S/c1-7-22(14-13-21-11-9-8-10-12-21)24-23(17(2)3)26(24)29(27,28)25-19(5)15-18(4)16-20(25)6/h7-17,23-24H,1-6H3/b14-13+,22-7+/t23-,24-,26?/m0/s1. The summed E-state index contributed by atoms with van der Waals surface area (Å²) in [4.78, 5) is 0.457. The maximum absolute atomic E-state index is 13.6. The van der Waals surface area contributed by atoms with Gasteiger partial charge < -0.3 is 0 Å². The first-order valence-corrected chi connectivity index (χ1v) is 11.6. The molecule has 29 heavy (non-hydrogen) atoms. The van der Waals surface area contributed by atoms with E-state index in [2.05, 4.69) is 26.0 Å². The van der Waals surface area contributed by atoms with Crippen molar-refractivity contribution in [2.45, 2.75) is 58.5 Å². The molecule has 0 amide bonds. The Balaban J connectivity index is 1.98. The highest BCUT2D eigenvalue weighted by atomic mass is 32.2. The molecule has 0 radical (unpaired) electrons. The van der Waals surface area contributed by atoms with Gasteiger partial charge in [0.2, 0.25) is 10.0 Å². The van der Waals surface area contributed by atoms with Crippen molar-refractivity contribution < 1.29 is 8.42 Å². The summed E-state index contributed by atoms with van der Waals surface area (Å²) in [6.45, 7) is 11.9. The first-order chi connectivity index (χ1) is 13.7. The van der Waals surface area contributed by atoms with E-state index < -0.39 is 10.0 Å². The second-order valence-corrected chi connectivity index (χ2v) is 10.1. The summed E-state index contributed by atoms with van der Waals surface area (Å²) in [7, 11) is -3.57. The van der Waals surface area contributed by atoms with Crippen LogP contribution in [0.3, 0.4) is 0 Å². The number of benzene rings is 2. The molecule has 0 saturated carbocycles. The molecule has 4 heteroatoms. The Morgan fingerprint density at radius 2 is 1.62 bits per heavy atom. The van der Waals surface area contributed by atoms with E-state index in [9.17, 15) is 8.42 Å². The van der Waals surface area contributed by atoms with Crippen LogP contribution in [0, 0.1) is 26.7 Å². The van der Waals surface area contributed by atoms with Crippen LogP contribution >= 0.6 is 0 Å². The minimum absolute atomic E-state index is 0.0215. The molecule has 0 aromatic heterocycles. The van der Waals surface area contributed by atoms with Crippen molar-refractivity contribution >= 4 is 16.1 Å². The molecule has 0 bridgehead atoms. The number of allylic oxidation sites excluding steroid dienone is 1. The summed E-state index contributed by atoms with van der Waals surface area (Å²) >= 11 is 0. The fraction of sp³-hybridized carbons (Fsp3) is 0.360. The third kappa shape index (κ3) is 4.24. The van der Waals surface area contributed by atoms with Crippen molar-refractivity contribution in [1.82, 2.24) is 4.31 Å². The molecule has 1 aliphatic rings. The van der Waals surface area contributed by atoms with Crippen LogP contribution in [0.5, 0.6) is 0 Å². The summed E-state index contributed by atoms with van der Waals surface area (Å²) in [6, 6.07) is 13.9. The molecular weight excluding hydrogens is 378 g/mol. The van der Waals surface area contributed by atoms with Gasteiger partial charge in [0, 0.05) is 6.04 Å². The smallest absolute Gasteiger partial charge is 0.207 e. The first-order valence-electron chi connectivity index (χ1n) is 10.2. The Kier molecular flexibility index (Phi) is 6.16. The minimum Gasteiger partial charge on any atom is -0.207 e.